The highest BCUT2D eigenvalue weighted by atomic mass is 35.5. The first-order valence-electron chi connectivity index (χ1n) is 6.51. The van der Waals surface area contributed by atoms with Crippen molar-refractivity contribution in [2.24, 2.45) is 0 Å². The summed E-state index contributed by atoms with van der Waals surface area (Å²) in [7, 11) is 1.54. The van der Waals surface area contributed by atoms with Gasteiger partial charge in [-0.1, -0.05) is 23.7 Å². The van der Waals surface area contributed by atoms with E-state index in [0.29, 0.717) is 22.1 Å². The molecule has 0 bridgehead atoms. The number of benzene rings is 2. The Morgan fingerprint density at radius 3 is 2.71 bits per heavy atom. The summed E-state index contributed by atoms with van der Waals surface area (Å²) in [6, 6.07) is 12.3. The van der Waals surface area contributed by atoms with E-state index in [0.717, 1.165) is 5.56 Å². The lowest BCUT2D eigenvalue weighted by Crippen LogP contribution is -2.19. The van der Waals surface area contributed by atoms with Crippen LogP contribution in [0.1, 0.15) is 18.4 Å². The van der Waals surface area contributed by atoms with Crippen LogP contribution in [-0.2, 0) is 4.79 Å². The molecular weight excluding hydrogens is 288 g/mol. The topological polar surface area (TPSA) is 64.3 Å². The van der Waals surface area contributed by atoms with Crippen molar-refractivity contribution >= 4 is 28.9 Å². The number of nitrogen functional groups attached to an aromatic ring is 1. The molecule has 4 nitrogen and oxygen atoms in total. The van der Waals surface area contributed by atoms with Gasteiger partial charge in [0.1, 0.15) is 5.75 Å². The normalized spacial score (nSPS) is 11.8. The number of hydrogen-bond acceptors (Lipinski definition) is 3. The Morgan fingerprint density at radius 2 is 2.05 bits per heavy atom. The molecule has 0 radical (unpaired) electrons. The highest BCUT2D eigenvalue weighted by molar-refractivity contribution is 6.31. The molecule has 2 aromatic rings. The molecule has 0 fully saturated rings. The molecule has 0 aromatic heterocycles. The Labute approximate surface area is 128 Å². The number of hydrogen-bond donors (Lipinski definition) is 2. The highest BCUT2D eigenvalue weighted by Gasteiger charge is 2.17. The van der Waals surface area contributed by atoms with Gasteiger partial charge in [0.05, 0.1) is 18.7 Å². The molecule has 0 aliphatic heterocycles. The van der Waals surface area contributed by atoms with E-state index in [1.165, 1.54) is 0 Å². The van der Waals surface area contributed by atoms with Gasteiger partial charge in [-0.3, -0.25) is 4.79 Å². The molecule has 1 unspecified atom stereocenters. The summed E-state index contributed by atoms with van der Waals surface area (Å²) < 4.78 is 5.21. The third-order valence-corrected chi connectivity index (χ3v) is 3.46. The standard InChI is InChI=1S/C16H17ClN2O2/c1-10(11-4-3-5-13(18)8-11)16(20)19-14-9-12(17)6-7-15(14)21-2/h3-10H,18H2,1-2H3,(H,19,20). The summed E-state index contributed by atoms with van der Waals surface area (Å²) in [6.45, 7) is 1.82. The van der Waals surface area contributed by atoms with Crippen LogP contribution >= 0.6 is 11.6 Å². The van der Waals surface area contributed by atoms with Crippen LogP contribution in [0.15, 0.2) is 42.5 Å². The van der Waals surface area contributed by atoms with E-state index in [-0.39, 0.29) is 11.8 Å². The lowest BCUT2D eigenvalue weighted by molar-refractivity contribution is -0.117. The second-order valence-corrected chi connectivity index (χ2v) is 5.16. The fourth-order valence-corrected chi connectivity index (χ4v) is 2.17. The summed E-state index contributed by atoms with van der Waals surface area (Å²) in [5, 5.41) is 3.36. The molecule has 0 aliphatic carbocycles. The Bertz CT molecular complexity index is 658. The van der Waals surface area contributed by atoms with E-state index in [9.17, 15) is 4.79 Å². The monoisotopic (exact) mass is 304 g/mol. The van der Waals surface area contributed by atoms with E-state index in [1.54, 1.807) is 37.4 Å². The first-order chi connectivity index (χ1) is 10.0. The molecule has 110 valence electrons. The summed E-state index contributed by atoms with van der Waals surface area (Å²) in [5.41, 5.74) is 7.78. The fraction of sp³-hybridized carbons (Fsp3) is 0.188. The molecule has 0 aliphatic rings. The van der Waals surface area contributed by atoms with Crippen LogP contribution in [0.2, 0.25) is 5.02 Å². The van der Waals surface area contributed by atoms with E-state index >= 15 is 0 Å². The number of amides is 1. The van der Waals surface area contributed by atoms with Crippen molar-refractivity contribution in [2.75, 3.05) is 18.2 Å². The second-order valence-electron chi connectivity index (χ2n) is 4.73. The number of rotatable bonds is 4. The zero-order chi connectivity index (χ0) is 15.4. The van der Waals surface area contributed by atoms with Gasteiger partial charge in [0.15, 0.2) is 0 Å². The van der Waals surface area contributed by atoms with Gasteiger partial charge >= 0.3 is 0 Å². The molecule has 2 rings (SSSR count). The third-order valence-electron chi connectivity index (χ3n) is 3.22. The van der Waals surface area contributed by atoms with E-state index < -0.39 is 0 Å². The van der Waals surface area contributed by atoms with Crippen molar-refractivity contribution in [2.45, 2.75) is 12.8 Å². The average molecular weight is 305 g/mol. The lowest BCUT2D eigenvalue weighted by Gasteiger charge is -2.15. The fourth-order valence-electron chi connectivity index (χ4n) is 2.00. The van der Waals surface area contributed by atoms with Gasteiger partial charge in [-0.25, -0.2) is 0 Å². The number of ether oxygens (including phenoxy) is 1. The highest BCUT2D eigenvalue weighted by Crippen LogP contribution is 2.29. The molecule has 5 heteroatoms. The summed E-state index contributed by atoms with van der Waals surface area (Å²) in [6.07, 6.45) is 0. The van der Waals surface area contributed by atoms with Crippen molar-refractivity contribution in [3.05, 3.63) is 53.1 Å². The number of carbonyl (C=O) groups is 1. The molecule has 21 heavy (non-hydrogen) atoms. The zero-order valence-corrected chi connectivity index (χ0v) is 12.6. The van der Waals surface area contributed by atoms with Crippen LogP contribution < -0.4 is 15.8 Å². The van der Waals surface area contributed by atoms with Crippen molar-refractivity contribution in [1.82, 2.24) is 0 Å². The molecule has 2 aromatic carbocycles. The molecule has 1 amide bonds. The molecular formula is C16H17ClN2O2. The smallest absolute Gasteiger partial charge is 0.231 e. The number of nitrogens with one attached hydrogen (secondary N) is 1. The Morgan fingerprint density at radius 1 is 1.29 bits per heavy atom. The average Bonchev–Trinajstić information content (AvgIpc) is 2.46. The van der Waals surface area contributed by atoms with Crippen molar-refractivity contribution < 1.29 is 9.53 Å². The Hall–Kier alpha value is -2.20. The van der Waals surface area contributed by atoms with Gasteiger partial charge in [0, 0.05) is 10.7 Å². The summed E-state index contributed by atoms with van der Waals surface area (Å²) in [5.74, 6) is 0.0749. The molecule has 0 heterocycles. The molecule has 0 saturated heterocycles. The van der Waals surface area contributed by atoms with Crippen molar-refractivity contribution in [1.29, 1.82) is 0 Å². The number of carbonyl (C=O) groups excluding carboxylic acids is 1. The van der Waals surface area contributed by atoms with Gasteiger partial charge < -0.3 is 15.8 Å². The van der Waals surface area contributed by atoms with Gasteiger partial charge in [0.2, 0.25) is 5.91 Å². The minimum atomic E-state index is -0.336. The van der Waals surface area contributed by atoms with Gasteiger partial charge in [0.25, 0.3) is 0 Å². The minimum Gasteiger partial charge on any atom is -0.495 e. The maximum Gasteiger partial charge on any atom is 0.231 e. The SMILES string of the molecule is COc1ccc(Cl)cc1NC(=O)C(C)c1cccc(N)c1. The Kier molecular flexibility index (Phi) is 4.70. The van der Waals surface area contributed by atoms with Gasteiger partial charge in [-0.05, 0) is 42.8 Å². The number of halogens is 1. The van der Waals surface area contributed by atoms with E-state index in [2.05, 4.69) is 5.32 Å². The predicted molar refractivity (Wildman–Crippen MR) is 85.9 cm³/mol. The summed E-state index contributed by atoms with van der Waals surface area (Å²) in [4.78, 5) is 12.4. The van der Waals surface area contributed by atoms with Gasteiger partial charge in [-0.15, -0.1) is 0 Å². The molecule has 3 N–H and O–H groups in total. The van der Waals surface area contributed by atoms with Crippen LogP contribution in [-0.4, -0.2) is 13.0 Å². The number of nitrogens with two attached hydrogens (primary N) is 1. The molecule has 0 spiro atoms. The maximum absolute atomic E-state index is 12.4. The van der Waals surface area contributed by atoms with Gasteiger partial charge in [-0.2, -0.15) is 0 Å². The lowest BCUT2D eigenvalue weighted by atomic mass is 10.00. The number of methoxy groups -OCH3 is 1. The van der Waals surface area contributed by atoms with Crippen LogP contribution in [0.4, 0.5) is 11.4 Å². The summed E-state index contributed by atoms with van der Waals surface area (Å²) >= 11 is 5.95. The van der Waals surface area contributed by atoms with Crippen molar-refractivity contribution in [3.8, 4) is 5.75 Å². The Balaban J connectivity index is 2.20. The first-order valence-corrected chi connectivity index (χ1v) is 6.89. The molecule has 1 atom stereocenters. The zero-order valence-electron chi connectivity index (χ0n) is 11.9. The number of anilines is 2. The third kappa shape index (κ3) is 3.67. The maximum atomic E-state index is 12.4. The molecule has 0 saturated carbocycles. The van der Waals surface area contributed by atoms with Crippen LogP contribution in [0.3, 0.4) is 0 Å². The predicted octanol–water partition coefficient (Wildman–Crippen LogP) is 3.67. The quantitative estimate of drug-likeness (QED) is 0.847. The second kappa shape index (κ2) is 6.50. The minimum absolute atomic E-state index is 0.152. The van der Waals surface area contributed by atoms with Crippen LogP contribution in [0.5, 0.6) is 5.75 Å². The largest absolute Gasteiger partial charge is 0.495 e. The van der Waals surface area contributed by atoms with E-state index in [4.69, 9.17) is 22.1 Å². The van der Waals surface area contributed by atoms with Crippen LogP contribution in [0.25, 0.3) is 0 Å². The van der Waals surface area contributed by atoms with Crippen LogP contribution in [0, 0.1) is 0 Å². The van der Waals surface area contributed by atoms with Crippen molar-refractivity contribution in [3.63, 3.8) is 0 Å². The first kappa shape index (κ1) is 15.2. The van der Waals surface area contributed by atoms with E-state index in [1.807, 2.05) is 19.1 Å².